The molecule has 3 rings (SSSR count). The number of fused-ring (bicyclic) bond motifs is 1. The SMILES string of the molecule is CCOc1cc(C(=O)Oc2cc(=O)oc3ccccc23)cc(OCC)c1OCC. The van der Waals surface area contributed by atoms with E-state index in [1.165, 1.54) is 12.1 Å². The van der Waals surface area contributed by atoms with Gasteiger partial charge in [-0.3, -0.25) is 0 Å². The summed E-state index contributed by atoms with van der Waals surface area (Å²) in [5, 5.41) is 0.515. The van der Waals surface area contributed by atoms with Crippen molar-refractivity contribution in [3.8, 4) is 23.0 Å². The van der Waals surface area contributed by atoms with Crippen LogP contribution in [0.1, 0.15) is 31.1 Å². The van der Waals surface area contributed by atoms with Gasteiger partial charge < -0.3 is 23.4 Å². The molecule has 0 atom stereocenters. The second-order valence-electron chi connectivity index (χ2n) is 5.92. The van der Waals surface area contributed by atoms with Crippen LogP contribution in [0.3, 0.4) is 0 Å². The highest BCUT2D eigenvalue weighted by Crippen LogP contribution is 2.39. The number of rotatable bonds is 8. The standard InChI is InChI=1S/C22H22O7/c1-4-25-18-11-14(12-19(26-5-2)21(18)27-6-3)22(24)29-17-13-20(23)28-16-10-8-7-9-15(16)17/h7-13H,4-6H2,1-3H3. The van der Waals surface area contributed by atoms with E-state index in [2.05, 4.69) is 0 Å². The topological polar surface area (TPSA) is 84.2 Å². The highest BCUT2D eigenvalue weighted by Gasteiger charge is 2.20. The van der Waals surface area contributed by atoms with Crippen molar-refractivity contribution >= 4 is 16.9 Å². The largest absolute Gasteiger partial charge is 0.490 e. The van der Waals surface area contributed by atoms with Crippen LogP contribution in [0.5, 0.6) is 23.0 Å². The average molecular weight is 398 g/mol. The lowest BCUT2D eigenvalue weighted by Crippen LogP contribution is -2.12. The molecule has 0 radical (unpaired) electrons. The fraction of sp³-hybridized carbons (Fsp3) is 0.273. The van der Waals surface area contributed by atoms with Gasteiger partial charge in [-0.1, -0.05) is 12.1 Å². The van der Waals surface area contributed by atoms with Crippen LogP contribution in [0.15, 0.2) is 51.7 Å². The monoisotopic (exact) mass is 398 g/mol. The summed E-state index contributed by atoms with van der Waals surface area (Å²) >= 11 is 0. The molecule has 0 saturated carbocycles. The molecule has 2 aromatic carbocycles. The Morgan fingerprint density at radius 3 is 2.10 bits per heavy atom. The van der Waals surface area contributed by atoms with Crippen LogP contribution >= 0.6 is 0 Å². The first-order chi connectivity index (χ1) is 14.1. The molecule has 29 heavy (non-hydrogen) atoms. The van der Waals surface area contributed by atoms with Gasteiger partial charge in [0, 0.05) is 0 Å². The Labute approximate surface area is 167 Å². The van der Waals surface area contributed by atoms with E-state index in [0.717, 1.165) is 6.07 Å². The van der Waals surface area contributed by atoms with E-state index >= 15 is 0 Å². The highest BCUT2D eigenvalue weighted by molar-refractivity contribution is 5.95. The molecule has 0 unspecified atom stereocenters. The van der Waals surface area contributed by atoms with Crippen LogP contribution in [0.25, 0.3) is 11.0 Å². The molecule has 0 aliphatic heterocycles. The third kappa shape index (κ3) is 4.51. The maximum atomic E-state index is 12.8. The van der Waals surface area contributed by atoms with Gasteiger partial charge in [0.1, 0.15) is 11.3 Å². The van der Waals surface area contributed by atoms with Crippen molar-refractivity contribution in [1.29, 1.82) is 0 Å². The molecule has 0 saturated heterocycles. The molecule has 0 fully saturated rings. The van der Waals surface area contributed by atoms with Crippen molar-refractivity contribution in [2.45, 2.75) is 20.8 Å². The van der Waals surface area contributed by atoms with Crippen LogP contribution in [0, 0.1) is 0 Å². The van der Waals surface area contributed by atoms with Crippen LogP contribution in [-0.2, 0) is 0 Å². The molecule has 7 nitrogen and oxygen atoms in total. The molecule has 0 aliphatic carbocycles. The fourth-order valence-corrected chi connectivity index (χ4v) is 2.83. The van der Waals surface area contributed by atoms with Crippen molar-refractivity contribution in [3.63, 3.8) is 0 Å². The molecule has 0 N–H and O–H groups in total. The van der Waals surface area contributed by atoms with Gasteiger partial charge in [0.25, 0.3) is 0 Å². The smallest absolute Gasteiger partial charge is 0.343 e. The van der Waals surface area contributed by atoms with Crippen LogP contribution in [0.2, 0.25) is 0 Å². The first-order valence-electron chi connectivity index (χ1n) is 9.38. The Kier molecular flexibility index (Phi) is 6.39. The number of benzene rings is 2. The number of para-hydroxylation sites is 1. The van der Waals surface area contributed by atoms with Crippen LogP contribution < -0.4 is 24.6 Å². The number of carbonyl (C=O) groups is 1. The van der Waals surface area contributed by atoms with Crippen molar-refractivity contribution in [3.05, 3.63) is 58.4 Å². The molecule has 0 amide bonds. The molecule has 1 heterocycles. The predicted octanol–water partition coefficient (Wildman–Crippen LogP) is 4.21. The summed E-state index contributed by atoms with van der Waals surface area (Å²) in [5.74, 6) is 0.644. The summed E-state index contributed by atoms with van der Waals surface area (Å²) in [6, 6.07) is 11.0. The molecular formula is C22H22O7. The van der Waals surface area contributed by atoms with E-state index in [4.69, 9.17) is 23.4 Å². The average Bonchev–Trinajstić information content (AvgIpc) is 2.70. The summed E-state index contributed by atoms with van der Waals surface area (Å²) in [4.78, 5) is 24.6. The van der Waals surface area contributed by atoms with E-state index in [1.54, 1.807) is 24.3 Å². The maximum Gasteiger partial charge on any atom is 0.343 e. The number of hydrogen-bond donors (Lipinski definition) is 0. The summed E-state index contributed by atoms with van der Waals surface area (Å²) in [5.41, 5.74) is -0.0691. The lowest BCUT2D eigenvalue weighted by atomic mass is 10.1. The van der Waals surface area contributed by atoms with Crippen molar-refractivity contribution in [2.24, 2.45) is 0 Å². The Morgan fingerprint density at radius 2 is 1.48 bits per heavy atom. The molecular weight excluding hydrogens is 376 g/mol. The van der Waals surface area contributed by atoms with Gasteiger partial charge >= 0.3 is 11.6 Å². The van der Waals surface area contributed by atoms with Gasteiger partial charge in [-0.2, -0.15) is 0 Å². The lowest BCUT2D eigenvalue weighted by Gasteiger charge is -2.17. The third-order valence-corrected chi connectivity index (χ3v) is 3.96. The molecule has 0 aliphatic rings. The van der Waals surface area contributed by atoms with E-state index in [0.29, 0.717) is 48.0 Å². The Balaban J connectivity index is 2.02. The summed E-state index contributed by atoms with van der Waals surface area (Å²) in [7, 11) is 0. The predicted molar refractivity (Wildman–Crippen MR) is 107 cm³/mol. The molecule has 3 aromatic rings. The van der Waals surface area contributed by atoms with Gasteiger partial charge in [0.15, 0.2) is 11.5 Å². The highest BCUT2D eigenvalue weighted by atomic mass is 16.5. The normalized spacial score (nSPS) is 10.6. The minimum absolute atomic E-state index is 0.117. The summed E-state index contributed by atoms with van der Waals surface area (Å²) in [6.07, 6.45) is 0. The van der Waals surface area contributed by atoms with Gasteiger partial charge in [-0.25, -0.2) is 9.59 Å². The second kappa shape index (κ2) is 9.14. The van der Waals surface area contributed by atoms with Crippen molar-refractivity contribution < 1.29 is 28.2 Å². The number of hydrogen-bond acceptors (Lipinski definition) is 7. The summed E-state index contributed by atoms with van der Waals surface area (Å²) < 4.78 is 27.5. The van der Waals surface area contributed by atoms with Gasteiger partial charge in [-0.05, 0) is 45.0 Å². The second-order valence-corrected chi connectivity index (χ2v) is 5.92. The number of carbonyl (C=O) groups excluding carboxylic acids is 1. The molecule has 0 spiro atoms. The molecule has 7 heteroatoms. The maximum absolute atomic E-state index is 12.8. The minimum Gasteiger partial charge on any atom is -0.490 e. The first-order valence-corrected chi connectivity index (χ1v) is 9.38. The van der Waals surface area contributed by atoms with Crippen molar-refractivity contribution in [2.75, 3.05) is 19.8 Å². The lowest BCUT2D eigenvalue weighted by molar-refractivity contribution is 0.0735. The zero-order chi connectivity index (χ0) is 20.8. The Bertz CT molecular complexity index is 1040. The number of esters is 1. The van der Waals surface area contributed by atoms with Crippen LogP contribution in [0.4, 0.5) is 0 Å². The minimum atomic E-state index is -0.661. The van der Waals surface area contributed by atoms with Gasteiger partial charge in [-0.15, -0.1) is 0 Å². The third-order valence-electron chi connectivity index (χ3n) is 3.96. The van der Waals surface area contributed by atoms with E-state index in [-0.39, 0.29) is 11.3 Å². The number of ether oxygens (including phenoxy) is 4. The van der Waals surface area contributed by atoms with E-state index < -0.39 is 11.6 Å². The Hall–Kier alpha value is -3.48. The van der Waals surface area contributed by atoms with E-state index in [1.807, 2.05) is 20.8 Å². The van der Waals surface area contributed by atoms with Crippen molar-refractivity contribution in [1.82, 2.24) is 0 Å². The zero-order valence-corrected chi connectivity index (χ0v) is 16.5. The van der Waals surface area contributed by atoms with Crippen LogP contribution in [-0.4, -0.2) is 25.8 Å². The molecule has 152 valence electrons. The first kappa shape index (κ1) is 20.3. The van der Waals surface area contributed by atoms with E-state index in [9.17, 15) is 9.59 Å². The quantitative estimate of drug-likeness (QED) is 0.415. The fourth-order valence-electron chi connectivity index (χ4n) is 2.83. The zero-order valence-electron chi connectivity index (χ0n) is 16.5. The molecule has 0 bridgehead atoms. The van der Waals surface area contributed by atoms with Gasteiger partial charge in [0.2, 0.25) is 5.75 Å². The van der Waals surface area contributed by atoms with Gasteiger partial charge in [0.05, 0.1) is 36.8 Å². The molecule has 1 aromatic heterocycles. The summed E-state index contributed by atoms with van der Waals surface area (Å²) in [6.45, 7) is 6.69. The Morgan fingerprint density at radius 1 is 0.862 bits per heavy atom.